The molecule has 194 valence electrons. The van der Waals surface area contributed by atoms with Crippen LogP contribution in [-0.2, 0) is 6.42 Å². The summed E-state index contributed by atoms with van der Waals surface area (Å²) in [5, 5.41) is 0. The molecule has 37 heavy (non-hydrogen) atoms. The van der Waals surface area contributed by atoms with Crippen LogP contribution in [0.1, 0.15) is 88.1 Å². The molecule has 6 nitrogen and oxygen atoms in total. The molecule has 3 aromatic rings. The Bertz CT molecular complexity index is 1400. The Balaban J connectivity index is 0.00000137. The van der Waals surface area contributed by atoms with Crippen molar-refractivity contribution in [2.45, 2.75) is 77.7 Å². The van der Waals surface area contributed by atoms with E-state index in [9.17, 15) is 9.18 Å². The number of aromatic nitrogens is 4. The summed E-state index contributed by atoms with van der Waals surface area (Å²) >= 11 is 0. The summed E-state index contributed by atoms with van der Waals surface area (Å²) in [5.74, 6) is 0.112. The number of hydrogen-bond donors (Lipinski definition) is 0. The molecule has 0 N–H and O–H groups in total. The van der Waals surface area contributed by atoms with E-state index in [0.717, 1.165) is 85.2 Å². The summed E-state index contributed by atoms with van der Waals surface area (Å²) in [5.41, 5.74) is 6.19. The minimum atomic E-state index is -0.0894. The molecule has 1 aliphatic heterocycles. The number of piperidine rings is 1. The fourth-order valence-electron chi connectivity index (χ4n) is 6.18. The van der Waals surface area contributed by atoms with Gasteiger partial charge in [0.2, 0.25) is 0 Å². The molecule has 0 aromatic carbocycles. The topological polar surface area (TPSA) is 63.9 Å². The molecule has 7 heteroatoms. The minimum absolute atomic E-state index is 0.00337. The fraction of sp³-hybridized carbons (Fsp3) is 0.467. The van der Waals surface area contributed by atoms with Crippen LogP contribution in [0.25, 0.3) is 11.2 Å². The Labute approximate surface area is 218 Å². The molecular formula is C30H36FN5O. The normalized spacial score (nSPS) is 20.3. The monoisotopic (exact) mass is 501 g/mol. The molecule has 1 saturated heterocycles. The number of hydrogen-bond acceptors (Lipinski definition) is 5. The molecule has 1 atom stereocenters. The van der Waals surface area contributed by atoms with Crippen LogP contribution in [-0.4, -0.2) is 37.5 Å². The van der Waals surface area contributed by atoms with Crippen molar-refractivity contribution in [3.63, 3.8) is 0 Å². The Morgan fingerprint density at radius 2 is 1.76 bits per heavy atom. The smallest absolute Gasteiger partial charge is 0.256 e. The van der Waals surface area contributed by atoms with E-state index in [0.29, 0.717) is 12.1 Å². The van der Waals surface area contributed by atoms with E-state index >= 15 is 0 Å². The number of halogens is 1. The lowest BCUT2D eigenvalue weighted by Crippen LogP contribution is -2.37. The van der Waals surface area contributed by atoms with Crippen molar-refractivity contribution < 1.29 is 4.39 Å². The number of likely N-dealkylation sites (tertiary alicyclic amines) is 1. The van der Waals surface area contributed by atoms with Crippen LogP contribution < -0.4 is 5.56 Å². The van der Waals surface area contributed by atoms with Crippen molar-refractivity contribution in [1.82, 2.24) is 24.4 Å². The average Bonchev–Trinajstić information content (AvgIpc) is 2.94. The van der Waals surface area contributed by atoms with Crippen LogP contribution in [0.2, 0.25) is 0 Å². The summed E-state index contributed by atoms with van der Waals surface area (Å²) < 4.78 is 16.5. The molecule has 0 saturated carbocycles. The molecule has 3 aliphatic rings. The summed E-state index contributed by atoms with van der Waals surface area (Å²) in [7, 11) is 0. The van der Waals surface area contributed by atoms with Crippen molar-refractivity contribution in [3.05, 3.63) is 87.1 Å². The van der Waals surface area contributed by atoms with Crippen molar-refractivity contribution >= 4 is 11.2 Å². The van der Waals surface area contributed by atoms with Crippen LogP contribution in [0.3, 0.4) is 0 Å². The molecule has 0 radical (unpaired) electrons. The second kappa shape index (κ2) is 11.0. The standard InChI is InChI=1S/C28H30FN5O.C2H6/c1-18-5-2-7-22(29)26(18)33-15-10-19(11-16-33)21-17-24-27(32-14-13-31-24)34(28(21)35)25-9-3-8-23-20(25)6-4-12-30-23;1-2/h4-6,12-14,17,19,25H,2-3,7-11,15-16H2,1H3;1-2H3. The largest absolute Gasteiger partial charge is 0.369 e. The molecule has 6 rings (SSSR count). The Kier molecular flexibility index (Phi) is 7.49. The zero-order valence-corrected chi connectivity index (χ0v) is 22.1. The molecule has 3 aromatic heterocycles. The summed E-state index contributed by atoms with van der Waals surface area (Å²) in [6, 6.07) is 5.90. The van der Waals surface area contributed by atoms with E-state index in [1.807, 2.05) is 43.7 Å². The van der Waals surface area contributed by atoms with Gasteiger partial charge in [0.15, 0.2) is 5.65 Å². The van der Waals surface area contributed by atoms with E-state index < -0.39 is 0 Å². The summed E-state index contributed by atoms with van der Waals surface area (Å²) in [6.07, 6.45) is 13.0. The van der Waals surface area contributed by atoms with Crippen LogP contribution in [0.15, 0.2) is 64.8 Å². The fourth-order valence-corrected chi connectivity index (χ4v) is 6.18. The van der Waals surface area contributed by atoms with Crippen molar-refractivity contribution in [2.24, 2.45) is 0 Å². The van der Waals surface area contributed by atoms with Crippen molar-refractivity contribution in [2.75, 3.05) is 13.1 Å². The minimum Gasteiger partial charge on any atom is -0.369 e. The Hall–Kier alpha value is -3.35. The molecular weight excluding hydrogens is 465 g/mol. The lowest BCUT2D eigenvalue weighted by atomic mass is 9.87. The van der Waals surface area contributed by atoms with E-state index in [4.69, 9.17) is 0 Å². The quantitative estimate of drug-likeness (QED) is 0.425. The van der Waals surface area contributed by atoms with Gasteiger partial charge < -0.3 is 4.90 Å². The van der Waals surface area contributed by atoms with E-state index in [1.54, 1.807) is 12.4 Å². The Morgan fingerprint density at radius 3 is 2.54 bits per heavy atom. The average molecular weight is 502 g/mol. The van der Waals surface area contributed by atoms with E-state index in [1.165, 1.54) is 0 Å². The number of allylic oxidation sites excluding steroid dienone is 3. The third kappa shape index (κ3) is 4.72. The van der Waals surface area contributed by atoms with Gasteiger partial charge in [0, 0.05) is 49.4 Å². The highest BCUT2D eigenvalue weighted by Gasteiger charge is 2.31. The van der Waals surface area contributed by atoms with E-state index in [2.05, 4.69) is 32.0 Å². The summed E-state index contributed by atoms with van der Waals surface area (Å²) in [6.45, 7) is 7.48. The van der Waals surface area contributed by atoms with Crippen LogP contribution in [0, 0.1) is 0 Å². The van der Waals surface area contributed by atoms with Gasteiger partial charge in [-0.3, -0.25) is 19.3 Å². The van der Waals surface area contributed by atoms with Gasteiger partial charge in [0.05, 0.1) is 11.7 Å². The molecule has 0 spiro atoms. The second-order valence-electron chi connectivity index (χ2n) is 9.93. The van der Waals surface area contributed by atoms with Gasteiger partial charge in [-0.15, -0.1) is 0 Å². The van der Waals surface area contributed by atoms with Gasteiger partial charge in [-0.1, -0.05) is 26.0 Å². The highest BCUT2D eigenvalue weighted by molar-refractivity contribution is 5.71. The first-order chi connectivity index (χ1) is 18.1. The maximum absolute atomic E-state index is 14.6. The third-order valence-corrected chi connectivity index (χ3v) is 7.88. The molecule has 1 unspecified atom stereocenters. The van der Waals surface area contributed by atoms with Gasteiger partial charge in [-0.25, -0.2) is 9.37 Å². The van der Waals surface area contributed by atoms with Gasteiger partial charge >= 0.3 is 0 Å². The Morgan fingerprint density at radius 1 is 0.973 bits per heavy atom. The van der Waals surface area contributed by atoms with Gasteiger partial charge in [-0.2, -0.15) is 0 Å². The number of nitrogens with zero attached hydrogens (tertiary/aromatic N) is 5. The van der Waals surface area contributed by atoms with Crippen LogP contribution >= 0.6 is 0 Å². The van der Waals surface area contributed by atoms with Gasteiger partial charge in [0.1, 0.15) is 11.3 Å². The maximum atomic E-state index is 14.6. The highest BCUT2D eigenvalue weighted by atomic mass is 19.1. The second-order valence-corrected chi connectivity index (χ2v) is 9.93. The van der Waals surface area contributed by atoms with Crippen LogP contribution in [0.5, 0.6) is 0 Å². The third-order valence-electron chi connectivity index (χ3n) is 7.88. The predicted molar refractivity (Wildman–Crippen MR) is 145 cm³/mol. The predicted octanol–water partition coefficient (Wildman–Crippen LogP) is 6.24. The zero-order chi connectivity index (χ0) is 25.9. The zero-order valence-electron chi connectivity index (χ0n) is 22.1. The van der Waals surface area contributed by atoms with Gasteiger partial charge in [0.25, 0.3) is 5.56 Å². The van der Waals surface area contributed by atoms with Crippen molar-refractivity contribution in [3.8, 4) is 0 Å². The lowest BCUT2D eigenvalue weighted by Gasteiger charge is -2.37. The van der Waals surface area contributed by atoms with Crippen LogP contribution in [0.4, 0.5) is 4.39 Å². The van der Waals surface area contributed by atoms with Gasteiger partial charge in [-0.05, 0) is 74.6 Å². The molecule has 1 fully saturated rings. The SMILES string of the molecule is CC.CC1=CCCC(F)=C1N1CCC(c2cc3nccnc3n(C3CCCc4ncccc43)c2=O)CC1. The van der Waals surface area contributed by atoms with Crippen molar-refractivity contribution in [1.29, 1.82) is 0 Å². The summed E-state index contributed by atoms with van der Waals surface area (Å²) in [4.78, 5) is 30.0. The lowest BCUT2D eigenvalue weighted by molar-refractivity contribution is 0.256. The van der Waals surface area contributed by atoms with E-state index in [-0.39, 0.29) is 23.3 Å². The molecule has 0 amide bonds. The number of rotatable bonds is 3. The molecule has 4 heterocycles. The molecule has 2 aliphatic carbocycles. The highest BCUT2D eigenvalue weighted by Crippen LogP contribution is 2.36. The first kappa shape index (κ1) is 25.3. The number of fused-ring (bicyclic) bond motifs is 2. The molecule has 0 bridgehead atoms. The number of pyridine rings is 2. The first-order valence-corrected chi connectivity index (χ1v) is 13.7. The maximum Gasteiger partial charge on any atom is 0.256 e. The first-order valence-electron chi connectivity index (χ1n) is 13.7. The number of aryl methyl sites for hydroxylation is 1.